The molecule has 0 aliphatic carbocycles. The van der Waals surface area contributed by atoms with Crippen LogP contribution in [0.1, 0.15) is 23.0 Å². The Morgan fingerprint density at radius 1 is 1.12 bits per heavy atom. The summed E-state index contributed by atoms with van der Waals surface area (Å²) in [7, 11) is 0. The van der Waals surface area contributed by atoms with Gasteiger partial charge in [-0.3, -0.25) is 4.79 Å². The molecule has 2 N–H and O–H groups in total. The molecule has 128 valence electrons. The van der Waals surface area contributed by atoms with Crippen LogP contribution >= 0.6 is 0 Å². The number of esters is 1. The highest BCUT2D eigenvalue weighted by Gasteiger charge is 2.20. The number of carbonyl (C=O) groups excluding carboxylic acids is 2. The van der Waals surface area contributed by atoms with Gasteiger partial charge < -0.3 is 15.0 Å². The van der Waals surface area contributed by atoms with E-state index in [1.165, 1.54) is 12.1 Å². The molecule has 5 nitrogen and oxygen atoms in total. The molecule has 0 radical (unpaired) electrons. The van der Waals surface area contributed by atoms with Crippen LogP contribution in [0.5, 0.6) is 0 Å². The van der Waals surface area contributed by atoms with Crippen molar-refractivity contribution in [1.82, 2.24) is 4.98 Å². The monoisotopic (exact) mass is 340 g/mol. The van der Waals surface area contributed by atoms with E-state index in [2.05, 4.69) is 10.3 Å². The van der Waals surface area contributed by atoms with Crippen LogP contribution in [0.4, 0.5) is 10.1 Å². The predicted octanol–water partition coefficient (Wildman–Crippen LogP) is 3.66. The maximum atomic E-state index is 13.0. The smallest absolute Gasteiger partial charge is 0.356 e. The van der Waals surface area contributed by atoms with Crippen LogP contribution in [0.2, 0.25) is 0 Å². The summed E-state index contributed by atoms with van der Waals surface area (Å²) in [6.07, 6.45) is 0.0715. The van der Waals surface area contributed by atoms with Crippen molar-refractivity contribution in [2.45, 2.75) is 13.3 Å². The molecule has 1 heterocycles. The molecule has 3 aromatic rings. The first-order valence-electron chi connectivity index (χ1n) is 7.90. The fraction of sp³-hybridized carbons (Fsp3) is 0.158. The topological polar surface area (TPSA) is 71.2 Å². The lowest BCUT2D eigenvalue weighted by Crippen LogP contribution is -2.17. The Bertz CT molecular complexity index is 916. The third kappa shape index (κ3) is 3.68. The molecule has 0 fully saturated rings. The van der Waals surface area contributed by atoms with E-state index < -0.39 is 5.97 Å². The van der Waals surface area contributed by atoms with Gasteiger partial charge in [0.1, 0.15) is 11.5 Å². The van der Waals surface area contributed by atoms with E-state index in [1.54, 1.807) is 19.1 Å². The molecule has 0 saturated heterocycles. The highest BCUT2D eigenvalue weighted by molar-refractivity contribution is 6.11. The highest BCUT2D eigenvalue weighted by atomic mass is 19.1. The van der Waals surface area contributed by atoms with Crippen molar-refractivity contribution < 1.29 is 18.7 Å². The molecular formula is C19H17FN2O3. The molecule has 0 unspecified atom stereocenters. The number of aromatic amines is 1. The minimum atomic E-state index is -0.532. The quantitative estimate of drug-likeness (QED) is 0.696. The SMILES string of the molecule is CCOC(=O)c1[nH]c2ccccc2c1NC(=O)Cc1ccc(F)cc1. The van der Waals surface area contributed by atoms with Crippen LogP contribution in [-0.2, 0) is 16.0 Å². The zero-order chi connectivity index (χ0) is 17.8. The molecule has 3 rings (SSSR count). The van der Waals surface area contributed by atoms with E-state index >= 15 is 0 Å². The Kier molecular flexibility index (Phi) is 4.79. The van der Waals surface area contributed by atoms with Crippen molar-refractivity contribution in [3.05, 3.63) is 65.6 Å². The van der Waals surface area contributed by atoms with Crippen molar-refractivity contribution in [3.8, 4) is 0 Å². The normalized spacial score (nSPS) is 10.6. The minimum absolute atomic E-state index is 0.0715. The summed E-state index contributed by atoms with van der Waals surface area (Å²) < 4.78 is 18.0. The van der Waals surface area contributed by atoms with E-state index in [-0.39, 0.29) is 30.4 Å². The van der Waals surface area contributed by atoms with E-state index in [1.807, 2.05) is 24.3 Å². The molecule has 2 aromatic carbocycles. The first-order chi connectivity index (χ1) is 12.1. The molecule has 1 aromatic heterocycles. The number of fused-ring (bicyclic) bond motifs is 1. The first-order valence-corrected chi connectivity index (χ1v) is 7.90. The minimum Gasteiger partial charge on any atom is -0.461 e. The lowest BCUT2D eigenvalue weighted by molar-refractivity contribution is -0.115. The maximum absolute atomic E-state index is 13.0. The first kappa shape index (κ1) is 16.7. The summed E-state index contributed by atoms with van der Waals surface area (Å²) in [4.78, 5) is 27.5. The van der Waals surface area contributed by atoms with Gasteiger partial charge in [-0.05, 0) is 30.7 Å². The Hall–Kier alpha value is -3.15. The van der Waals surface area contributed by atoms with Gasteiger partial charge in [0.05, 0.1) is 18.7 Å². The molecular weight excluding hydrogens is 323 g/mol. The third-order valence-corrected chi connectivity index (χ3v) is 3.73. The number of hydrogen-bond donors (Lipinski definition) is 2. The van der Waals surface area contributed by atoms with E-state index in [0.717, 1.165) is 10.9 Å². The zero-order valence-electron chi connectivity index (χ0n) is 13.6. The van der Waals surface area contributed by atoms with Crippen LogP contribution in [0.25, 0.3) is 10.9 Å². The lowest BCUT2D eigenvalue weighted by Gasteiger charge is -2.07. The number of carbonyl (C=O) groups is 2. The molecule has 0 aliphatic rings. The average molecular weight is 340 g/mol. The van der Waals surface area contributed by atoms with Gasteiger partial charge in [0.15, 0.2) is 0 Å². The number of H-pyrrole nitrogens is 1. The van der Waals surface area contributed by atoms with E-state index in [0.29, 0.717) is 11.3 Å². The molecule has 0 bridgehead atoms. The fourth-order valence-corrected chi connectivity index (χ4v) is 2.60. The van der Waals surface area contributed by atoms with E-state index in [4.69, 9.17) is 4.74 Å². The highest BCUT2D eigenvalue weighted by Crippen LogP contribution is 2.28. The van der Waals surface area contributed by atoms with Crippen molar-refractivity contribution in [3.63, 3.8) is 0 Å². The van der Waals surface area contributed by atoms with Crippen molar-refractivity contribution in [2.24, 2.45) is 0 Å². The molecule has 0 atom stereocenters. The third-order valence-electron chi connectivity index (χ3n) is 3.73. The summed E-state index contributed by atoms with van der Waals surface area (Å²) in [5.74, 6) is -1.19. The van der Waals surface area contributed by atoms with Gasteiger partial charge in [-0.25, -0.2) is 9.18 Å². The van der Waals surface area contributed by atoms with Gasteiger partial charge >= 0.3 is 5.97 Å². The number of hydrogen-bond acceptors (Lipinski definition) is 3. The molecule has 6 heteroatoms. The molecule has 0 saturated carbocycles. The number of para-hydroxylation sites is 1. The lowest BCUT2D eigenvalue weighted by atomic mass is 10.1. The fourth-order valence-electron chi connectivity index (χ4n) is 2.60. The van der Waals surface area contributed by atoms with Crippen molar-refractivity contribution in [1.29, 1.82) is 0 Å². The number of ether oxygens (including phenoxy) is 1. The Morgan fingerprint density at radius 3 is 2.56 bits per heavy atom. The van der Waals surface area contributed by atoms with Gasteiger partial charge in [-0.1, -0.05) is 30.3 Å². The number of rotatable bonds is 5. The van der Waals surface area contributed by atoms with Crippen molar-refractivity contribution in [2.75, 3.05) is 11.9 Å². The number of halogens is 1. The number of benzene rings is 2. The summed E-state index contributed by atoms with van der Waals surface area (Å²) in [5, 5.41) is 3.49. The van der Waals surface area contributed by atoms with Crippen LogP contribution in [0, 0.1) is 5.82 Å². The van der Waals surface area contributed by atoms with Gasteiger partial charge in [0.25, 0.3) is 0 Å². The molecule has 1 amide bonds. The van der Waals surface area contributed by atoms with Crippen LogP contribution < -0.4 is 5.32 Å². The molecule has 0 aliphatic heterocycles. The summed E-state index contributed by atoms with van der Waals surface area (Å²) in [6.45, 7) is 1.95. The van der Waals surface area contributed by atoms with Gasteiger partial charge in [-0.15, -0.1) is 0 Å². The predicted molar refractivity (Wildman–Crippen MR) is 93.0 cm³/mol. The van der Waals surface area contributed by atoms with Crippen molar-refractivity contribution >= 4 is 28.5 Å². The second kappa shape index (κ2) is 7.17. The number of aromatic nitrogens is 1. The average Bonchev–Trinajstić information content (AvgIpc) is 2.96. The number of amides is 1. The van der Waals surface area contributed by atoms with Gasteiger partial charge in [0, 0.05) is 10.9 Å². The van der Waals surface area contributed by atoms with Crippen LogP contribution in [0.15, 0.2) is 48.5 Å². The maximum Gasteiger partial charge on any atom is 0.356 e. The van der Waals surface area contributed by atoms with Crippen LogP contribution in [-0.4, -0.2) is 23.5 Å². The molecule has 0 spiro atoms. The molecule has 25 heavy (non-hydrogen) atoms. The standard InChI is InChI=1S/C19H17FN2O3/c1-2-25-19(24)18-17(14-5-3-4-6-15(14)21-18)22-16(23)11-12-7-9-13(20)10-8-12/h3-10,21H,2,11H2,1H3,(H,22,23). The largest absolute Gasteiger partial charge is 0.461 e. The van der Waals surface area contributed by atoms with E-state index in [9.17, 15) is 14.0 Å². The Morgan fingerprint density at radius 2 is 1.84 bits per heavy atom. The van der Waals surface area contributed by atoms with Gasteiger partial charge in [0.2, 0.25) is 5.91 Å². The van der Waals surface area contributed by atoms with Crippen LogP contribution in [0.3, 0.4) is 0 Å². The Labute approximate surface area is 143 Å². The summed E-state index contributed by atoms with van der Waals surface area (Å²) in [6, 6.07) is 13.0. The Balaban J connectivity index is 1.88. The second-order valence-corrected chi connectivity index (χ2v) is 5.49. The van der Waals surface area contributed by atoms with Gasteiger partial charge in [-0.2, -0.15) is 0 Å². The number of nitrogens with one attached hydrogen (secondary N) is 2. The second-order valence-electron chi connectivity index (χ2n) is 5.49. The zero-order valence-corrected chi connectivity index (χ0v) is 13.6. The summed E-state index contributed by atoms with van der Waals surface area (Å²) >= 11 is 0. The summed E-state index contributed by atoms with van der Waals surface area (Å²) in [5.41, 5.74) is 2.00. The number of anilines is 1.